The maximum absolute atomic E-state index is 8.73. The van der Waals surface area contributed by atoms with Crippen molar-refractivity contribution >= 4 is 28.6 Å². The van der Waals surface area contributed by atoms with Gasteiger partial charge in [0.1, 0.15) is 5.69 Å². The summed E-state index contributed by atoms with van der Waals surface area (Å²) in [6.45, 7) is 1.82. The van der Waals surface area contributed by atoms with Gasteiger partial charge in [-0.3, -0.25) is 0 Å². The molecule has 3 aromatic rings. The number of imidazole rings is 1. The van der Waals surface area contributed by atoms with E-state index in [0.717, 1.165) is 16.7 Å². The average molecular weight is 300 g/mol. The van der Waals surface area contributed by atoms with Crippen molar-refractivity contribution in [2.24, 2.45) is 10.9 Å². The summed E-state index contributed by atoms with van der Waals surface area (Å²) in [5.41, 5.74) is 8.50. The molecule has 0 aliphatic carbocycles. The summed E-state index contributed by atoms with van der Waals surface area (Å²) in [4.78, 5) is 16.2. The molecule has 1 aromatic carbocycles. The lowest BCUT2D eigenvalue weighted by molar-refractivity contribution is 0.318. The van der Waals surface area contributed by atoms with Gasteiger partial charge in [0.25, 0.3) is 0 Å². The molecule has 0 aliphatic heterocycles. The Kier molecular flexibility index (Phi) is 3.44. The minimum atomic E-state index is -0.0491. The lowest BCUT2D eigenvalue weighted by Gasteiger charge is -2.02. The lowest BCUT2D eigenvalue weighted by Crippen LogP contribution is -2.16. The number of aromatic nitrogens is 4. The van der Waals surface area contributed by atoms with Crippen LogP contribution < -0.4 is 5.73 Å². The maximum atomic E-state index is 8.73. The predicted octanol–water partition coefficient (Wildman–Crippen LogP) is 1.91. The van der Waals surface area contributed by atoms with Crippen LogP contribution in [-0.2, 0) is 0 Å². The number of benzene rings is 1. The summed E-state index contributed by atoms with van der Waals surface area (Å²) in [5, 5.41) is 12.9. The normalized spacial score (nSPS) is 12.0. The van der Waals surface area contributed by atoms with Crippen LogP contribution in [0.4, 0.5) is 0 Å². The first-order chi connectivity index (χ1) is 10.2. The summed E-state index contributed by atoms with van der Waals surface area (Å²) in [6, 6.07) is 9.39. The Labute approximate surface area is 124 Å². The zero-order valence-electron chi connectivity index (χ0n) is 11.1. The van der Waals surface area contributed by atoms with Crippen LogP contribution in [0.25, 0.3) is 11.0 Å². The monoisotopic (exact) mass is 300 g/mol. The van der Waals surface area contributed by atoms with Crippen molar-refractivity contribution in [1.29, 1.82) is 0 Å². The second-order valence-corrected chi connectivity index (χ2v) is 5.28. The van der Waals surface area contributed by atoms with Crippen molar-refractivity contribution < 1.29 is 5.21 Å². The maximum Gasteiger partial charge on any atom is 0.196 e. The van der Waals surface area contributed by atoms with Crippen molar-refractivity contribution in [3.8, 4) is 0 Å². The van der Waals surface area contributed by atoms with Gasteiger partial charge in [-0.1, -0.05) is 17.3 Å². The first-order valence-corrected chi connectivity index (χ1v) is 6.93. The Hall–Kier alpha value is -2.61. The van der Waals surface area contributed by atoms with Crippen molar-refractivity contribution in [2.45, 2.75) is 17.2 Å². The number of fused-ring (bicyclic) bond motifs is 1. The van der Waals surface area contributed by atoms with Gasteiger partial charge in [0.2, 0.25) is 0 Å². The summed E-state index contributed by atoms with van der Waals surface area (Å²) in [6.07, 6.45) is 0. The summed E-state index contributed by atoms with van der Waals surface area (Å²) >= 11 is 1.29. The topological polar surface area (TPSA) is 113 Å². The van der Waals surface area contributed by atoms with Crippen LogP contribution in [0, 0.1) is 6.92 Å². The van der Waals surface area contributed by atoms with Gasteiger partial charge in [0.05, 0.1) is 11.0 Å². The highest BCUT2D eigenvalue weighted by Crippen LogP contribution is 2.24. The van der Waals surface area contributed by atoms with Crippen molar-refractivity contribution in [2.75, 3.05) is 0 Å². The second kappa shape index (κ2) is 5.41. The van der Waals surface area contributed by atoms with E-state index in [4.69, 9.17) is 10.9 Å². The smallest absolute Gasteiger partial charge is 0.196 e. The number of oxime groups is 1. The Bertz CT molecular complexity index is 795. The molecule has 0 radical (unpaired) electrons. The lowest BCUT2D eigenvalue weighted by atomic mass is 10.3. The number of hydrogen-bond acceptors (Lipinski definition) is 6. The molecular weight excluding hydrogens is 288 g/mol. The van der Waals surface area contributed by atoms with Gasteiger partial charge >= 0.3 is 0 Å². The molecule has 21 heavy (non-hydrogen) atoms. The number of aryl methyl sites for hydroxylation is 1. The molecule has 0 amide bonds. The van der Waals surface area contributed by atoms with Gasteiger partial charge in [0, 0.05) is 5.69 Å². The third-order valence-electron chi connectivity index (χ3n) is 2.76. The van der Waals surface area contributed by atoms with Crippen LogP contribution in [0.15, 0.2) is 45.8 Å². The summed E-state index contributed by atoms with van der Waals surface area (Å²) in [5.74, 6) is -0.0491. The molecule has 0 aliphatic rings. The molecule has 0 saturated heterocycles. The minimum absolute atomic E-state index is 0.0491. The van der Waals surface area contributed by atoms with Gasteiger partial charge in [-0.25, -0.2) is 15.0 Å². The van der Waals surface area contributed by atoms with Gasteiger partial charge in [-0.05, 0) is 36.9 Å². The molecule has 0 atom stereocenters. The molecule has 7 nitrogen and oxygen atoms in total. The SMILES string of the molecule is Cc1cc(/C(N)=N/O)nc(Sc2nc3ccccc3[nH]2)n1. The van der Waals surface area contributed by atoms with Crippen LogP contribution in [0.3, 0.4) is 0 Å². The average Bonchev–Trinajstić information content (AvgIpc) is 2.87. The number of rotatable bonds is 3. The number of para-hydroxylation sites is 2. The Morgan fingerprint density at radius 3 is 2.86 bits per heavy atom. The third kappa shape index (κ3) is 2.79. The molecule has 2 heterocycles. The molecular formula is C13H12N6OS. The van der Waals surface area contributed by atoms with Crippen LogP contribution >= 0.6 is 11.8 Å². The molecule has 0 saturated carbocycles. The number of nitrogens with one attached hydrogen (secondary N) is 1. The number of hydrogen-bond donors (Lipinski definition) is 3. The minimum Gasteiger partial charge on any atom is -0.409 e. The van der Waals surface area contributed by atoms with Crippen molar-refractivity contribution in [3.63, 3.8) is 0 Å². The Morgan fingerprint density at radius 2 is 2.10 bits per heavy atom. The van der Waals surface area contributed by atoms with E-state index in [1.54, 1.807) is 6.07 Å². The number of aromatic amines is 1. The number of nitrogens with zero attached hydrogens (tertiary/aromatic N) is 4. The molecule has 0 bridgehead atoms. The quantitative estimate of drug-likeness (QED) is 0.224. The first kappa shape index (κ1) is 13.4. The summed E-state index contributed by atoms with van der Waals surface area (Å²) < 4.78 is 0. The standard InChI is InChI=1S/C13H12N6OS/c1-7-6-10(11(14)19-20)18-12(15-7)21-13-16-8-4-2-3-5-9(8)17-13/h2-6,20H,1H3,(H2,14,19)(H,16,17). The fourth-order valence-electron chi connectivity index (χ4n) is 1.83. The van der Waals surface area contributed by atoms with Gasteiger partial charge in [-0.15, -0.1) is 0 Å². The zero-order chi connectivity index (χ0) is 14.8. The molecule has 2 aromatic heterocycles. The van der Waals surface area contributed by atoms with E-state index in [9.17, 15) is 0 Å². The third-order valence-corrected chi connectivity index (χ3v) is 3.51. The van der Waals surface area contributed by atoms with E-state index in [0.29, 0.717) is 16.0 Å². The van der Waals surface area contributed by atoms with Crippen LogP contribution in [0.5, 0.6) is 0 Å². The number of H-pyrrole nitrogens is 1. The van der Waals surface area contributed by atoms with E-state index in [1.165, 1.54) is 11.8 Å². The van der Waals surface area contributed by atoms with Crippen LogP contribution in [-0.4, -0.2) is 31.0 Å². The molecule has 0 spiro atoms. The van der Waals surface area contributed by atoms with E-state index in [-0.39, 0.29) is 5.84 Å². The van der Waals surface area contributed by atoms with E-state index in [1.807, 2.05) is 31.2 Å². The van der Waals surface area contributed by atoms with Crippen LogP contribution in [0.2, 0.25) is 0 Å². The molecule has 0 unspecified atom stereocenters. The fourth-order valence-corrected chi connectivity index (χ4v) is 2.65. The largest absolute Gasteiger partial charge is 0.409 e. The van der Waals surface area contributed by atoms with Gasteiger partial charge in [-0.2, -0.15) is 0 Å². The zero-order valence-corrected chi connectivity index (χ0v) is 11.9. The Balaban J connectivity index is 1.95. The van der Waals surface area contributed by atoms with E-state index >= 15 is 0 Å². The van der Waals surface area contributed by atoms with E-state index < -0.39 is 0 Å². The number of amidine groups is 1. The highest BCUT2D eigenvalue weighted by atomic mass is 32.2. The van der Waals surface area contributed by atoms with E-state index in [2.05, 4.69) is 25.1 Å². The highest BCUT2D eigenvalue weighted by Gasteiger charge is 2.10. The molecule has 4 N–H and O–H groups in total. The van der Waals surface area contributed by atoms with Crippen molar-refractivity contribution in [3.05, 3.63) is 41.7 Å². The van der Waals surface area contributed by atoms with Crippen LogP contribution in [0.1, 0.15) is 11.4 Å². The highest BCUT2D eigenvalue weighted by molar-refractivity contribution is 7.99. The number of nitrogens with two attached hydrogens (primary N) is 1. The Morgan fingerprint density at radius 1 is 1.29 bits per heavy atom. The second-order valence-electron chi connectivity index (χ2n) is 4.32. The summed E-state index contributed by atoms with van der Waals surface area (Å²) in [7, 11) is 0. The predicted molar refractivity (Wildman–Crippen MR) is 79.5 cm³/mol. The van der Waals surface area contributed by atoms with Gasteiger partial charge in [0.15, 0.2) is 16.1 Å². The molecule has 106 valence electrons. The van der Waals surface area contributed by atoms with Gasteiger partial charge < -0.3 is 15.9 Å². The first-order valence-electron chi connectivity index (χ1n) is 6.12. The molecule has 0 fully saturated rings. The fraction of sp³-hybridized carbons (Fsp3) is 0.0769. The van der Waals surface area contributed by atoms with Crippen molar-refractivity contribution in [1.82, 2.24) is 19.9 Å². The molecule has 3 rings (SSSR count). The molecule has 8 heteroatoms.